The molecule has 0 aromatic heterocycles. The normalized spacial score (nSPS) is 12.0. The van der Waals surface area contributed by atoms with E-state index >= 15 is 0 Å². The Morgan fingerprint density at radius 1 is 1.19 bits per heavy atom. The Morgan fingerprint density at radius 2 is 1.81 bits per heavy atom. The van der Waals surface area contributed by atoms with Crippen LogP contribution in [-0.2, 0) is 0 Å². The van der Waals surface area contributed by atoms with Crippen LogP contribution in [0.2, 0.25) is 5.02 Å². The molecule has 0 fully saturated rings. The number of halogens is 1. The van der Waals surface area contributed by atoms with Crippen LogP contribution < -0.4 is 5.73 Å². The van der Waals surface area contributed by atoms with E-state index in [4.69, 9.17) is 17.3 Å². The molecule has 0 radical (unpaired) electrons. The Kier molecular flexibility index (Phi) is 4.53. The highest BCUT2D eigenvalue weighted by Gasteiger charge is 2.22. The fourth-order valence-electron chi connectivity index (χ4n) is 2.30. The molecule has 0 aliphatic heterocycles. The van der Waals surface area contributed by atoms with E-state index in [2.05, 4.69) is 0 Å². The van der Waals surface area contributed by atoms with Gasteiger partial charge in [-0.05, 0) is 43.2 Å². The molecule has 110 valence electrons. The largest absolute Gasteiger partial charge is 0.398 e. The molecular formula is C17H19ClN2O. The first kappa shape index (κ1) is 15.4. The molecule has 2 N–H and O–H groups in total. The van der Waals surface area contributed by atoms with Gasteiger partial charge in [0.15, 0.2) is 0 Å². The average Bonchev–Trinajstić information content (AvgIpc) is 2.46. The summed E-state index contributed by atoms with van der Waals surface area (Å²) < 4.78 is 0. The van der Waals surface area contributed by atoms with Crippen LogP contribution in [-0.4, -0.2) is 17.9 Å². The van der Waals surface area contributed by atoms with Gasteiger partial charge in [0.25, 0.3) is 5.91 Å². The lowest BCUT2D eigenvalue weighted by molar-refractivity contribution is 0.0743. The summed E-state index contributed by atoms with van der Waals surface area (Å²) in [6.45, 7) is 3.87. The van der Waals surface area contributed by atoms with Gasteiger partial charge in [0.05, 0.1) is 11.6 Å². The lowest BCUT2D eigenvalue weighted by atomic mass is 10.0. The standard InChI is InChI=1S/C17H19ClN2O/c1-11-5-4-6-15(19)16(11)17(21)20(3)12(2)13-7-9-14(18)10-8-13/h4-10,12H,19H2,1-3H3. The van der Waals surface area contributed by atoms with Crippen molar-refractivity contribution < 1.29 is 4.79 Å². The molecule has 0 heterocycles. The van der Waals surface area contributed by atoms with E-state index in [1.807, 2.05) is 50.2 Å². The predicted octanol–water partition coefficient (Wildman–Crippen LogP) is 4.06. The minimum absolute atomic E-state index is 0.0613. The third kappa shape index (κ3) is 3.19. The maximum Gasteiger partial charge on any atom is 0.256 e. The lowest BCUT2D eigenvalue weighted by Crippen LogP contribution is -2.30. The molecule has 0 spiro atoms. The number of hydrogen-bond donors (Lipinski definition) is 1. The van der Waals surface area contributed by atoms with Crippen molar-refractivity contribution in [1.29, 1.82) is 0 Å². The summed E-state index contributed by atoms with van der Waals surface area (Å²) in [5.41, 5.74) is 8.95. The van der Waals surface area contributed by atoms with Gasteiger partial charge in [-0.1, -0.05) is 35.9 Å². The summed E-state index contributed by atoms with van der Waals surface area (Å²) >= 11 is 5.90. The van der Waals surface area contributed by atoms with Crippen LogP contribution in [0.4, 0.5) is 5.69 Å². The third-order valence-electron chi connectivity index (χ3n) is 3.77. The molecule has 1 amide bonds. The Balaban J connectivity index is 2.28. The minimum Gasteiger partial charge on any atom is -0.398 e. The van der Waals surface area contributed by atoms with Gasteiger partial charge in [0.2, 0.25) is 0 Å². The number of nitrogen functional groups attached to an aromatic ring is 1. The van der Waals surface area contributed by atoms with Crippen LogP contribution in [0.5, 0.6) is 0 Å². The van der Waals surface area contributed by atoms with Gasteiger partial charge < -0.3 is 10.6 Å². The predicted molar refractivity (Wildman–Crippen MR) is 87.6 cm³/mol. The summed E-state index contributed by atoms with van der Waals surface area (Å²) in [6, 6.07) is 12.9. The third-order valence-corrected chi connectivity index (χ3v) is 4.02. The highest BCUT2D eigenvalue weighted by atomic mass is 35.5. The van der Waals surface area contributed by atoms with E-state index in [0.717, 1.165) is 11.1 Å². The molecule has 2 rings (SSSR count). The van der Waals surface area contributed by atoms with Crippen molar-refractivity contribution in [2.24, 2.45) is 0 Å². The first-order chi connectivity index (χ1) is 9.91. The molecular weight excluding hydrogens is 284 g/mol. The first-order valence-electron chi connectivity index (χ1n) is 6.79. The van der Waals surface area contributed by atoms with Gasteiger partial charge in [-0.25, -0.2) is 0 Å². The van der Waals surface area contributed by atoms with Crippen molar-refractivity contribution in [3.63, 3.8) is 0 Å². The van der Waals surface area contributed by atoms with Gasteiger partial charge in [0, 0.05) is 17.8 Å². The topological polar surface area (TPSA) is 46.3 Å². The first-order valence-corrected chi connectivity index (χ1v) is 7.17. The van der Waals surface area contributed by atoms with Gasteiger partial charge in [-0.3, -0.25) is 4.79 Å². The summed E-state index contributed by atoms with van der Waals surface area (Å²) in [5, 5.41) is 0.683. The van der Waals surface area contributed by atoms with Crippen molar-refractivity contribution in [3.05, 3.63) is 64.2 Å². The number of amides is 1. The van der Waals surface area contributed by atoms with Gasteiger partial charge >= 0.3 is 0 Å². The monoisotopic (exact) mass is 302 g/mol. The number of rotatable bonds is 3. The van der Waals surface area contributed by atoms with Crippen LogP contribution >= 0.6 is 11.6 Å². The lowest BCUT2D eigenvalue weighted by Gasteiger charge is -2.26. The zero-order valence-electron chi connectivity index (χ0n) is 12.4. The Morgan fingerprint density at radius 3 is 2.38 bits per heavy atom. The van der Waals surface area contributed by atoms with Crippen LogP contribution in [0.25, 0.3) is 0 Å². The average molecular weight is 303 g/mol. The highest BCUT2D eigenvalue weighted by molar-refractivity contribution is 6.30. The Labute approximate surface area is 130 Å². The second-order valence-electron chi connectivity index (χ2n) is 5.18. The minimum atomic E-state index is -0.0759. The molecule has 0 aliphatic rings. The SMILES string of the molecule is Cc1cccc(N)c1C(=O)N(C)C(C)c1ccc(Cl)cc1. The maximum absolute atomic E-state index is 12.7. The van der Waals surface area contributed by atoms with E-state index in [0.29, 0.717) is 16.3 Å². The number of nitrogens with zero attached hydrogens (tertiary/aromatic N) is 1. The van der Waals surface area contributed by atoms with Crippen LogP contribution in [0.15, 0.2) is 42.5 Å². The van der Waals surface area contributed by atoms with Crippen molar-refractivity contribution in [2.45, 2.75) is 19.9 Å². The van der Waals surface area contributed by atoms with Crippen molar-refractivity contribution in [2.75, 3.05) is 12.8 Å². The molecule has 0 saturated carbocycles. The maximum atomic E-state index is 12.7. The zero-order chi connectivity index (χ0) is 15.6. The Hall–Kier alpha value is -2.00. The van der Waals surface area contributed by atoms with Crippen LogP contribution in [0.3, 0.4) is 0 Å². The quantitative estimate of drug-likeness (QED) is 0.869. The number of aryl methyl sites for hydroxylation is 1. The zero-order valence-corrected chi connectivity index (χ0v) is 13.2. The van der Waals surface area contributed by atoms with Crippen molar-refractivity contribution in [1.82, 2.24) is 4.90 Å². The fourth-order valence-corrected chi connectivity index (χ4v) is 2.43. The fraction of sp³-hybridized carbons (Fsp3) is 0.235. The summed E-state index contributed by atoms with van der Waals surface area (Å²) in [5.74, 6) is -0.0759. The van der Waals surface area contributed by atoms with E-state index in [-0.39, 0.29) is 11.9 Å². The number of carbonyl (C=O) groups is 1. The van der Waals surface area contributed by atoms with E-state index in [1.165, 1.54) is 0 Å². The molecule has 21 heavy (non-hydrogen) atoms. The highest BCUT2D eigenvalue weighted by Crippen LogP contribution is 2.25. The molecule has 0 saturated heterocycles. The molecule has 3 nitrogen and oxygen atoms in total. The summed E-state index contributed by atoms with van der Waals surface area (Å²) in [6.07, 6.45) is 0. The number of carbonyl (C=O) groups excluding carboxylic acids is 1. The molecule has 2 aromatic carbocycles. The van der Waals surface area contributed by atoms with Gasteiger partial charge in [-0.15, -0.1) is 0 Å². The summed E-state index contributed by atoms with van der Waals surface area (Å²) in [7, 11) is 1.79. The molecule has 1 atom stereocenters. The molecule has 2 aromatic rings. The second-order valence-corrected chi connectivity index (χ2v) is 5.62. The number of hydrogen-bond acceptors (Lipinski definition) is 2. The number of benzene rings is 2. The van der Waals surface area contributed by atoms with Gasteiger partial charge in [0.1, 0.15) is 0 Å². The van der Waals surface area contributed by atoms with Crippen LogP contribution in [0, 0.1) is 6.92 Å². The number of anilines is 1. The van der Waals surface area contributed by atoms with Crippen LogP contribution in [0.1, 0.15) is 34.5 Å². The van der Waals surface area contributed by atoms with E-state index in [9.17, 15) is 4.79 Å². The van der Waals surface area contributed by atoms with Crippen molar-refractivity contribution in [3.8, 4) is 0 Å². The second kappa shape index (κ2) is 6.19. The van der Waals surface area contributed by atoms with Gasteiger partial charge in [-0.2, -0.15) is 0 Å². The molecule has 4 heteroatoms. The Bertz CT molecular complexity index is 632. The molecule has 1 unspecified atom stereocenters. The van der Waals surface area contributed by atoms with E-state index in [1.54, 1.807) is 18.0 Å². The van der Waals surface area contributed by atoms with E-state index < -0.39 is 0 Å². The van der Waals surface area contributed by atoms with Crippen molar-refractivity contribution >= 4 is 23.2 Å². The number of nitrogens with two attached hydrogens (primary N) is 1. The molecule has 0 aliphatic carbocycles. The molecule has 0 bridgehead atoms. The summed E-state index contributed by atoms with van der Waals surface area (Å²) in [4.78, 5) is 14.4. The smallest absolute Gasteiger partial charge is 0.256 e.